The first-order valence-corrected chi connectivity index (χ1v) is 10.0. The average molecular weight is 393 g/mol. The van der Waals surface area contributed by atoms with Crippen LogP contribution in [0.1, 0.15) is 48.4 Å². The number of hydrogen-bond acceptors (Lipinski definition) is 4. The van der Waals surface area contributed by atoms with Crippen LogP contribution in [0.5, 0.6) is 0 Å². The van der Waals surface area contributed by atoms with E-state index in [-0.39, 0.29) is 11.8 Å². The van der Waals surface area contributed by atoms with Crippen LogP contribution in [0.15, 0.2) is 48.5 Å². The Morgan fingerprint density at radius 3 is 1.90 bits per heavy atom. The van der Waals surface area contributed by atoms with Gasteiger partial charge < -0.3 is 10.2 Å². The summed E-state index contributed by atoms with van der Waals surface area (Å²) < 4.78 is 0. The quantitative estimate of drug-likeness (QED) is 0.727. The number of nitrogens with one attached hydrogen (secondary N) is 1. The first kappa shape index (κ1) is 20.6. The van der Waals surface area contributed by atoms with Crippen molar-refractivity contribution < 1.29 is 14.4 Å². The smallest absolute Gasteiger partial charge is 0.262 e. The van der Waals surface area contributed by atoms with Crippen molar-refractivity contribution in [2.75, 3.05) is 23.3 Å². The third-order valence-corrected chi connectivity index (χ3v) is 5.27. The Kier molecular flexibility index (Phi) is 6.01. The van der Waals surface area contributed by atoms with Crippen LogP contribution in [0.4, 0.5) is 11.4 Å². The molecule has 3 amide bonds. The van der Waals surface area contributed by atoms with E-state index in [9.17, 15) is 14.4 Å². The van der Waals surface area contributed by atoms with Gasteiger partial charge in [-0.1, -0.05) is 26.0 Å². The second-order valence-corrected chi connectivity index (χ2v) is 7.42. The molecule has 1 heterocycles. The molecule has 0 aliphatic carbocycles. The highest BCUT2D eigenvalue weighted by atomic mass is 16.2. The number of amides is 3. The summed E-state index contributed by atoms with van der Waals surface area (Å²) in [6.45, 7) is 9.65. The zero-order valence-electron chi connectivity index (χ0n) is 17.3. The van der Waals surface area contributed by atoms with Gasteiger partial charge in [0.25, 0.3) is 11.8 Å². The lowest BCUT2D eigenvalue weighted by molar-refractivity contribution is -0.121. The number of imide groups is 1. The fraction of sp³-hybridized carbons (Fsp3) is 0.348. The van der Waals surface area contributed by atoms with Crippen LogP contribution >= 0.6 is 0 Å². The molecule has 0 spiro atoms. The third kappa shape index (κ3) is 3.88. The van der Waals surface area contributed by atoms with Gasteiger partial charge in [0.15, 0.2) is 0 Å². The maximum Gasteiger partial charge on any atom is 0.262 e. The van der Waals surface area contributed by atoms with Crippen molar-refractivity contribution in [2.24, 2.45) is 5.92 Å². The van der Waals surface area contributed by atoms with E-state index in [2.05, 4.69) is 24.1 Å². The van der Waals surface area contributed by atoms with Gasteiger partial charge >= 0.3 is 0 Å². The van der Waals surface area contributed by atoms with Crippen molar-refractivity contribution in [3.63, 3.8) is 0 Å². The van der Waals surface area contributed by atoms with Crippen molar-refractivity contribution in [3.05, 3.63) is 59.7 Å². The molecule has 0 radical (unpaired) electrons. The van der Waals surface area contributed by atoms with Gasteiger partial charge in [-0.25, -0.2) is 0 Å². The van der Waals surface area contributed by atoms with E-state index in [0.29, 0.717) is 16.8 Å². The summed E-state index contributed by atoms with van der Waals surface area (Å²) in [6, 6.07) is 13.4. The number of rotatable bonds is 7. The Labute approximate surface area is 171 Å². The summed E-state index contributed by atoms with van der Waals surface area (Å²) in [5.74, 6) is -1.44. The summed E-state index contributed by atoms with van der Waals surface area (Å²) in [5.41, 5.74) is 2.40. The second kappa shape index (κ2) is 8.47. The molecule has 1 N–H and O–H groups in total. The molecule has 1 aliphatic heterocycles. The summed E-state index contributed by atoms with van der Waals surface area (Å²) in [4.78, 5) is 42.0. The van der Waals surface area contributed by atoms with E-state index in [1.807, 2.05) is 38.1 Å². The zero-order chi connectivity index (χ0) is 21.1. The lowest BCUT2D eigenvalue weighted by Gasteiger charge is -2.28. The molecule has 0 fully saturated rings. The lowest BCUT2D eigenvalue weighted by Crippen LogP contribution is -2.50. The number of anilines is 2. The van der Waals surface area contributed by atoms with Gasteiger partial charge in [-0.3, -0.25) is 19.3 Å². The van der Waals surface area contributed by atoms with Gasteiger partial charge in [0.1, 0.15) is 6.04 Å². The van der Waals surface area contributed by atoms with Crippen molar-refractivity contribution in [2.45, 2.75) is 33.7 Å². The Hall–Kier alpha value is -3.15. The van der Waals surface area contributed by atoms with Gasteiger partial charge in [-0.05, 0) is 56.2 Å². The maximum atomic E-state index is 13.0. The number of carbonyl (C=O) groups excluding carboxylic acids is 3. The Morgan fingerprint density at radius 2 is 1.45 bits per heavy atom. The van der Waals surface area contributed by atoms with Crippen LogP contribution in [-0.2, 0) is 4.79 Å². The predicted octanol–water partition coefficient (Wildman–Crippen LogP) is 3.79. The molecular formula is C23H27N3O3. The fourth-order valence-corrected chi connectivity index (χ4v) is 3.74. The number of fused-ring (bicyclic) bond motifs is 1. The molecule has 6 nitrogen and oxygen atoms in total. The third-order valence-electron chi connectivity index (χ3n) is 5.27. The highest BCUT2D eigenvalue weighted by Gasteiger charge is 2.43. The Balaban J connectivity index is 1.81. The van der Waals surface area contributed by atoms with E-state index in [4.69, 9.17) is 0 Å². The Morgan fingerprint density at radius 1 is 0.931 bits per heavy atom. The van der Waals surface area contributed by atoms with E-state index < -0.39 is 17.9 Å². The molecule has 0 aromatic heterocycles. The highest BCUT2D eigenvalue weighted by molar-refractivity contribution is 6.23. The summed E-state index contributed by atoms with van der Waals surface area (Å²) in [6.07, 6.45) is 0. The van der Waals surface area contributed by atoms with Crippen molar-refractivity contribution in [3.8, 4) is 0 Å². The van der Waals surface area contributed by atoms with Gasteiger partial charge in [-0.15, -0.1) is 0 Å². The van der Waals surface area contributed by atoms with E-state index >= 15 is 0 Å². The zero-order valence-corrected chi connectivity index (χ0v) is 17.3. The normalized spacial score (nSPS) is 14.2. The lowest BCUT2D eigenvalue weighted by atomic mass is 10.0. The molecule has 0 saturated carbocycles. The molecule has 1 atom stereocenters. The highest BCUT2D eigenvalue weighted by Crippen LogP contribution is 2.28. The standard InChI is InChI=1S/C23H27N3O3/c1-5-25(6-2)17-13-11-16(12-14-17)24-21(27)20(15(3)4)26-22(28)18-9-7-8-10-19(18)23(26)29/h7-15,20H,5-6H2,1-4H3,(H,24,27)/t20-/m1/s1. The van der Waals surface area contributed by atoms with Crippen LogP contribution in [-0.4, -0.2) is 41.8 Å². The molecule has 29 heavy (non-hydrogen) atoms. The van der Waals surface area contributed by atoms with Crippen molar-refractivity contribution in [1.82, 2.24) is 4.90 Å². The van der Waals surface area contributed by atoms with Crippen LogP contribution < -0.4 is 10.2 Å². The molecule has 0 unspecified atom stereocenters. The topological polar surface area (TPSA) is 69.7 Å². The molecule has 1 aliphatic rings. The van der Waals surface area contributed by atoms with Gasteiger partial charge in [-0.2, -0.15) is 0 Å². The van der Waals surface area contributed by atoms with Crippen LogP contribution in [0.25, 0.3) is 0 Å². The van der Waals surface area contributed by atoms with E-state index in [1.54, 1.807) is 24.3 Å². The monoisotopic (exact) mass is 393 g/mol. The molecule has 152 valence electrons. The van der Waals surface area contributed by atoms with Gasteiger partial charge in [0.05, 0.1) is 11.1 Å². The second-order valence-electron chi connectivity index (χ2n) is 7.42. The summed E-state index contributed by atoms with van der Waals surface area (Å²) >= 11 is 0. The number of benzene rings is 2. The molecular weight excluding hydrogens is 366 g/mol. The average Bonchev–Trinajstić information content (AvgIpc) is 2.96. The molecule has 0 saturated heterocycles. The molecule has 2 aromatic rings. The molecule has 0 bridgehead atoms. The predicted molar refractivity (Wildman–Crippen MR) is 114 cm³/mol. The van der Waals surface area contributed by atoms with Crippen LogP contribution in [0.2, 0.25) is 0 Å². The van der Waals surface area contributed by atoms with Gasteiger partial charge in [0, 0.05) is 24.5 Å². The van der Waals surface area contributed by atoms with E-state index in [1.165, 1.54) is 0 Å². The minimum atomic E-state index is -0.884. The maximum absolute atomic E-state index is 13.0. The van der Waals surface area contributed by atoms with Crippen molar-refractivity contribution >= 4 is 29.1 Å². The molecule has 6 heteroatoms. The Bertz CT molecular complexity index is 882. The minimum absolute atomic E-state index is 0.229. The summed E-state index contributed by atoms with van der Waals surface area (Å²) in [5, 5.41) is 2.87. The number of hydrogen-bond donors (Lipinski definition) is 1. The van der Waals surface area contributed by atoms with Crippen LogP contribution in [0.3, 0.4) is 0 Å². The fourth-order valence-electron chi connectivity index (χ4n) is 3.74. The molecule has 3 rings (SSSR count). The SMILES string of the molecule is CCN(CC)c1ccc(NC(=O)[C@@H](C(C)C)N2C(=O)c3ccccc3C2=O)cc1. The first-order valence-electron chi connectivity index (χ1n) is 10.0. The number of nitrogens with zero attached hydrogens (tertiary/aromatic N) is 2. The summed E-state index contributed by atoms with van der Waals surface area (Å²) in [7, 11) is 0. The van der Waals surface area contributed by atoms with Gasteiger partial charge in [0.2, 0.25) is 5.91 Å². The minimum Gasteiger partial charge on any atom is -0.372 e. The van der Waals surface area contributed by atoms with Crippen LogP contribution in [0, 0.1) is 5.92 Å². The number of carbonyl (C=O) groups is 3. The van der Waals surface area contributed by atoms with Crippen molar-refractivity contribution in [1.29, 1.82) is 0 Å². The first-order chi connectivity index (χ1) is 13.9. The molecule has 2 aromatic carbocycles. The largest absolute Gasteiger partial charge is 0.372 e. The van der Waals surface area contributed by atoms with E-state index in [0.717, 1.165) is 23.7 Å².